The molecule has 0 radical (unpaired) electrons. The summed E-state index contributed by atoms with van der Waals surface area (Å²) in [6.07, 6.45) is 0.484. The maximum absolute atomic E-state index is 11.7. The molecule has 5 heteroatoms. The van der Waals surface area contributed by atoms with Crippen molar-refractivity contribution in [1.82, 2.24) is 15.6 Å². The summed E-state index contributed by atoms with van der Waals surface area (Å²) >= 11 is 0. The van der Waals surface area contributed by atoms with E-state index >= 15 is 0 Å². The van der Waals surface area contributed by atoms with Crippen molar-refractivity contribution in [2.24, 2.45) is 0 Å². The van der Waals surface area contributed by atoms with E-state index in [1.54, 1.807) is 14.0 Å². The Bertz CT molecular complexity index is 947. The third-order valence-electron chi connectivity index (χ3n) is 4.98. The number of ether oxygens (including phenoxy) is 1. The fourth-order valence-corrected chi connectivity index (χ4v) is 3.69. The number of hydrogen-bond acceptors (Lipinski definition) is 3. The zero-order valence-corrected chi connectivity index (χ0v) is 15.0. The number of fused-ring (bicyclic) bond motifs is 3. The van der Waals surface area contributed by atoms with Crippen LogP contribution < -0.4 is 15.4 Å². The molecule has 3 N–H and O–H groups in total. The molecule has 2 atom stereocenters. The highest BCUT2D eigenvalue weighted by Crippen LogP contribution is 2.34. The van der Waals surface area contributed by atoms with Crippen molar-refractivity contribution in [3.05, 3.63) is 65.4 Å². The van der Waals surface area contributed by atoms with Gasteiger partial charge in [0.15, 0.2) is 6.10 Å². The number of aromatic amines is 1. The lowest BCUT2D eigenvalue weighted by Gasteiger charge is -2.25. The topological polar surface area (TPSA) is 66.2 Å². The van der Waals surface area contributed by atoms with Gasteiger partial charge in [0, 0.05) is 30.2 Å². The van der Waals surface area contributed by atoms with Gasteiger partial charge in [-0.3, -0.25) is 4.79 Å². The van der Waals surface area contributed by atoms with Crippen molar-refractivity contribution in [3.8, 4) is 5.75 Å². The van der Waals surface area contributed by atoms with Crippen molar-refractivity contribution < 1.29 is 9.53 Å². The number of amides is 1. The van der Waals surface area contributed by atoms with Crippen LogP contribution in [0.25, 0.3) is 10.9 Å². The van der Waals surface area contributed by atoms with E-state index in [1.165, 1.54) is 22.2 Å². The molecule has 134 valence electrons. The maximum atomic E-state index is 11.7. The summed E-state index contributed by atoms with van der Waals surface area (Å²) in [5, 5.41) is 7.51. The molecule has 2 heterocycles. The molecule has 2 aromatic carbocycles. The van der Waals surface area contributed by atoms with Gasteiger partial charge >= 0.3 is 0 Å². The summed E-state index contributed by atoms with van der Waals surface area (Å²) in [7, 11) is 1.61. The Morgan fingerprint density at radius 3 is 2.92 bits per heavy atom. The molecule has 26 heavy (non-hydrogen) atoms. The standard InChI is InChI=1S/C21H23N3O2/c1-13(21(25)22-2)26-15-7-5-6-14(12-15)19-20-17(10-11-23-19)16-8-3-4-9-18(16)24-20/h3-9,12-13,19,23-24H,10-11H2,1-2H3,(H,22,25)/t13-,19?/m0/s1. The summed E-state index contributed by atoms with van der Waals surface area (Å²) in [5.74, 6) is 0.563. The third-order valence-corrected chi connectivity index (χ3v) is 4.98. The van der Waals surface area contributed by atoms with Crippen molar-refractivity contribution in [3.63, 3.8) is 0 Å². The first-order valence-corrected chi connectivity index (χ1v) is 8.98. The second kappa shape index (κ2) is 6.84. The molecule has 1 aromatic heterocycles. The van der Waals surface area contributed by atoms with Gasteiger partial charge in [-0.05, 0) is 42.7 Å². The van der Waals surface area contributed by atoms with Crippen LogP contribution >= 0.6 is 0 Å². The van der Waals surface area contributed by atoms with Crippen LogP contribution in [0.2, 0.25) is 0 Å². The summed E-state index contributed by atoms with van der Waals surface area (Å²) in [5.41, 5.74) is 4.90. The second-order valence-electron chi connectivity index (χ2n) is 6.65. The average Bonchev–Trinajstić information content (AvgIpc) is 3.06. The SMILES string of the molecule is CNC(=O)[C@H](C)Oc1cccc(C2NCCc3c2[nH]c2ccccc32)c1. The van der Waals surface area contributed by atoms with E-state index in [4.69, 9.17) is 4.74 Å². The predicted octanol–water partition coefficient (Wildman–Crippen LogP) is 2.92. The minimum atomic E-state index is -0.529. The van der Waals surface area contributed by atoms with Gasteiger partial charge in [-0.2, -0.15) is 0 Å². The second-order valence-corrected chi connectivity index (χ2v) is 6.65. The van der Waals surface area contributed by atoms with Gasteiger partial charge in [-0.15, -0.1) is 0 Å². The predicted molar refractivity (Wildman–Crippen MR) is 102 cm³/mol. The van der Waals surface area contributed by atoms with E-state index < -0.39 is 6.10 Å². The molecule has 5 nitrogen and oxygen atoms in total. The van der Waals surface area contributed by atoms with Gasteiger partial charge in [0.2, 0.25) is 0 Å². The zero-order chi connectivity index (χ0) is 18.1. The van der Waals surface area contributed by atoms with Crippen LogP contribution in [-0.2, 0) is 11.2 Å². The summed E-state index contributed by atoms with van der Waals surface area (Å²) in [6.45, 7) is 2.68. The van der Waals surface area contributed by atoms with Crippen LogP contribution in [0, 0.1) is 0 Å². The normalized spacial score (nSPS) is 17.5. The highest BCUT2D eigenvalue weighted by molar-refractivity contribution is 5.85. The first kappa shape index (κ1) is 16.7. The maximum Gasteiger partial charge on any atom is 0.260 e. The molecular weight excluding hydrogens is 326 g/mol. The summed E-state index contributed by atoms with van der Waals surface area (Å²) in [4.78, 5) is 15.3. The first-order valence-electron chi connectivity index (χ1n) is 8.98. The molecule has 1 amide bonds. The number of hydrogen-bond donors (Lipinski definition) is 3. The largest absolute Gasteiger partial charge is 0.481 e. The summed E-state index contributed by atoms with van der Waals surface area (Å²) in [6, 6.07) is 16.5. The highest BCUT2D eigenvalue weighted by Gasteiger charge is 2.25. The number of para-hydroxylation sites is 1. The third kappa shape index (κ3) is 2.95. The fraction of sp³-hybridized carbons (Fsp3) is 0.286. The number of H-pyrrole nitrogens is 1. The van der Waals surface area contributed by atoms with Crippen LogP contribution in [0.1, 0.15) is 29.8 Å². The molecule has 0 spiro atoms. The lowest BCUT2D eigenvalue weighted by molar-refractivity contribution is -0.126. The highest BCUT2D eigenvalue weighted by atomic mass is 16.5. The minimum Gasteiger partial charge on any atom is -0.481 e. The average molecular weight is 349 g/mol. The van der Waals surface area contributed by atoms with Gasteiger partial charge in [0.25, 0.3) is 5.91 Å². The number of carbonyl (C=O) groups excluding carboxylic acids is 1. The summed E-state index contributed by atoms with van der Waals surface area (Å²) < 4.78 is 5.80. The number of carbonyl (C=O) groups is 1. The quantitative estimate of drug-likeness (QED) is 0.678. The van der Waals surface area contributed by atoms with Gasteiger partial charge in [-0.25, -0.2) is 0 Å². The Hall–Kier alpha value is -2.79. The van der Waals surface area contributed by atoms with Crippen LogP contribution in [0.5, 0.6) is 5.75 Å². The number of likely N-dealkylation sites (N-methyl/N-ethyl adjacent to an activating group) is 1. The van der Waals surface area contributed by atoms with Crippen LogP contribution in [0.3, 0.4) is 0 Å². The molecule has 3 aromatic rings. The molecule has 1 aliphatic rings. The number of rotatable bonds is 4. The van der Waals surface area contributed by atoms with Gasteiger partial charge in [0.05, 0.1) is 6.04 Å². The lowest BCUT2D eigenvalue weighted by Crippen LogP contribution is -2.34. The molecular formula is C21H23N3O2. The molecule has 1 unspecified atom stereocenters. The molecule has 4 rings (SSSR count). The smallest absolute Gasteiger partial charge is 0.260 e. The van der Waals surface area contributed by atoms with Crippen LogP contribution in [-0.4, -0.2) is 30.6 Å². The number of aromatic nitrogens is 1. The Balaban J connectivity index is 1.67. The van der Waals surface area contributed by atoms with Crippen molar-refractivity contribution in [2.75, 3.05) is 13.6 Å². The number of benzene rings is 2. The lowest BCUT2D eigenvalue weighted by atomic mass is 9.94. The Kier molecular flexibility index (Phi) is 4.39. The van der Waals surface area contributed by atoms with Crippen LogP contribution in [0.15, 0.2) is 48.5 Å². The van der Waals surface area contributed by atoms with Crippen molar-refractivity contribution in [2.45, 2.75) is 25.5 Å². The van der Waals surface area contributed by atoms with Gasteiger partial charge < -0.3 is 20.4 Å². The van der Waals surface area contributed by atoms with E-state index in [0.717, 1.165) is 18.5 Å². The molecule has 0 saturated carbocycles. The van der Waals surface area contributed by atoms with E-state index in [-0.39, 0.29) is 11.9 Å². The van der Waals surface area contributed by atoms with Gasteiger partial charge in [0.1, 0.15) is 5.75 Å². The van der Waals surface area contributed by atoms with E-state index in [2.05, 4.69) is 45.9 Å². The zero-order valence-electron chi connectivity index (χ0n) is 15.0. The fourth-order valence-electron chi connectivity index (χ4n) is 3.69. The van der Waals surface area contributed by atoms with Crippen molar-refractivity contribution in [1.29, 1.82) is 0 Å². The van der Waals surface area contributed by atoms with Gasteiger partial charge in [-0.1, -0.05) is 30.3 Å². The van der Waals surface area contributed by atoms with E-state index in [0.29, 0.717) is 5.75 Å². The first-order chi connectivity index (χ1) is 12.7. The Morgan fingerprint density at radius 2 is 2.08 bits per heavy atom. The molecule has 0 saturated heterocycles. The Morgan fingerprint density at radius 1 is 1.23 bits per heavy atom. The van der Waals surface area contributed by atoms with Crippen molar-refractivity contribution >= 4 is 16.8 Å². The molecule has 0 bridgehead atoms. The monoisotopic (exact) mass is 349 g/mol. The Labute approximate surface area is 152 Å². The molecule has 1 aliphatic heterocycles. The minimum absolute atomic E-state index is 0.0880. The molecule has 0 aliphatic carbocycles. The number of nitrogens with one attached hydrogen (secondary N) is 3. The van der Waals surface area contributed by atoms with E-state index in [1.807, 2.05) is 18.2 Å². The van der Waals surface area contributed by atoms with E-state index in [9.17, 15) is 4.79 Å². The van der Waals surface area contributed by atoms with Crippen LogP contribution in [0.4, 0.5) is 0 Å². The molecule has 0 fully saturated rings.